The predicted molar refractivity (Wildman–Crippen MR) is 108 cm³/mol. The van der Waals surface area contributed by atoms with Gasteiger partial charge in [-0.25, -0.2) is 8.42 Å². The van der Waals surface area contributed by atoms with E-state index in [1.54, 1.807) is 12.1 Å². The summed E-state index contributed by atoms with van der Waals surface area (Å²) in [5, 5.41) is 4.19. The summed E-state index contributed by atoms with van der Waals surface area (Å²) in [4.78, 5) is 0.0683. The Labute approximate surface area is 172 Å². The molecule has 0 N–H and O–H groups in total. The van der Waals surface area contributed by atoms with Crippen molar-refractivity contribution in [3.8, 4) is 28.1 Å². The van der Waals surface area contributed by atoms with Crippen LogP contribution in [0.4, 0.5) is 13.2 Å². The van der Waals surface area contributed by atoms with Gasteiger partial charge in [-0.3, -0.25) is 4.68 Å². The van der Waals surface area contributed by atoms with E-state index in [1.165, 1.54) is 49.6 Å². The van der Waals surface area contributed by atoms with Crippen LogP contribution >= 0.6 is 0 Å². The Kier molecular flexibility index (Phi) is 5.76. The van der Waals surface area contributed by atoms with Crippen LogP contribution in [-0.2, 0) is 22.6 Å². The van der Waals surface area contributed by atoms with E-state index >= 15 is 0 Å². The molecule has 0 spiro atoms. The van der Waals surface area contributed by atoms with Crippen LogP contribution in [0.3, 0.4) is 0 Å². The first-order valence-corrected chi connectivity index (χ1v) is 10.7. The van der Waals surface area contributed by atoms with Crippen LogP contribution in [0.2, 0.25) is 0 Å². The number of ether oxygens (including phenoxy) is 1. The van der Waals surface area contributed by atoms with Gasteiger partial charge in [0.1, 0.15) is 11.4 Å². The molecule has 3 rings (SSSR count). The Hall–Kier alpha value is -3.07. The fourth-order valence-electron chi connectivity index (χ4n) is 3.10. The van der Waals surface area contributed by atoms with E-state index in [9.17, 15) is 21.6 Å². The van der Waals surface area contributed by atoms with Gasteiger partial charge < -0.3 is 4.74 Å². The monoisotopic (exact) mass is 436 g/mol. The SMILES string of the molecule is C=CCn1nc(-c2ccc(S(C)(=O)=O)cc2)c(-c2ccc(OC)cc2)c1C(F)(F)F. The zero-order chi connectivity index (χ0) is 22.1. The third kappa shape index (κ3) is 4.25. The first kappa shape index (κ1) is 21.6. The summed E-state index contributed by atoms with van der Waals surface area (Å²) < 4.78 is 71.4. The van der Waals surface area contributed by atoms with Gasteiger partial charge in [0.15, 0.2) is 15.5 Å². The van der Waals surface area contributed by atoms with Gasteiger partial charge in [0.2, 0.25) is 0 Å². The molecular weight excluding hydrogens is 417 g/mol. The van der Waals surface area contributed by atoms with Crippen molar-refractivity contribution in [2.24, 2.45) is 0 Å². The van der Waals surface area contributed by atoms with Gasteiger partial charge in [-0.05, 0) is 29.8 Å². The lowest BCUT2D eigenvalue weighted by molar-refractivity contribution is -0.143. The number of hydrogen-bond donors (Lipinski definition) is 0. The van der Waals surface area contributed by atoms with Crippen LogP contribution in [0.1, 0.15) is 5.69 Å². The van der Waals surface area contributed by atoms with Gasteiger partial charge in [0.05, 0.1) is 18.6 Å². The summed E-state index contributed by atoms with van der Waals surface area (Å²) in [6.45, 7) is 3.37. The second-order valence-corrected chi connectivity index (χ2v) is 8.58. The van der Waals surface area contributed by atoms with Crippen molar-refractivity contribution in [2.75, 3.05) is 13.4 Å². The van der Waals surface area contributed by atoms with Crippen LogP contribution in [0.25, 0.3) is 22.4 Å². The van der Waals surface area contributed by atoms with Crippen LogP contribution in [0.5, 0.6) is 5.75 Å². The molecule has 0 saturated carbocycles. The van der Waals surface area contributed by atoms with Crippen molar-refractivity contribution >= 4 is 9.84 Å². The van der Waals surface area contributed by atoms with E-state index in [0.29, 0.717) is 16.9 Å². The largest absolute Gasteiger partial charge is 0.497 e. The van der Waals surface area contributed by atoms with Crippen molar-refractivity contribution in [2.45, 2.75) is 17.6 Å². The molecule has 0 atom stereocenters. The van der Waals surface area contributed by atoms with Crippen molar-refractivity contribution < 1.29 is 26.3 Å². The van der Waals surface area contributed by atoms with Crippen molar-refractivity contribution in [1.29, 1.82) is 0 Å². The highest BCUT2D eigenvalue weighted by atomic mass is 32.2. The predicted octanol–water partition coefficient (Wildman–Crippen LogP) is 4.83. The van der Waals surface area contributed by atoms with Crippen molar-refractivity contribution in [3.05, 3.63) is 66.9 Å². The number of nitrogens with zero attached hydrogens (tertiary/aromatic N) is 2. The van der Waals surface area contributed by atoms with Crippen LogP contribution in [-0.4, -0.2) is 31.6 Å². The molecule has 158 valence electrons. The third-order valence-corrected chi connectivity index (χ3v) is 5.59. The molecular formula is C21H19F3N2O3S. The standard InChI is InChI=1S/C21H19F3N2O3S/c1-4-13-26-20(21(22,23)24)18(14-5-9-16(29-2)10-6-14)19(25-26)15-7-11-17(12-8-15)30(3,27)28/h4-12H,1,13H2,2-3H3. The molecule has 30 heavy (non-hydrogen) atoms. The average molecular weight is 436 g/mol. The number of aromatic nitrogens is 2. The minimum absolute atomic E-state index is 0.0683. The van der Waals surface area contributed by atoms with E-state index in [-0.39, 0.29) is 22.7 Å². The number of alkyl halides is 3. The van der Waals surface area contributed by atoms with E-state index < -0.39 is 21.7 Å². The smallest absolute Gasteiger partial charge is 0.433 e. The molecule has 0 aliphatic heterocycles. The molecule has 2 aromatic carbocycles. The van der Waals surface area contributed by atoms with Gasteiger partial charge in [-0.1, -0.05) is 30.3 Å². The lowest BCUT2D eigenvalue weighted by atomic mass is 9.98. The molecule has 5 nitrogen and oxygen atoms in total. The molecule has 0 amide bonds. The molecule has 0 aliphatic carbocycles. The Morgan fingerprint density at radius 3 is 2.10 bits per heavy atom. The van der Waals surface area contributed by atoms with E-state index in [0.717, 1.165) is 10.9 Å². The number of hydrogen-bond acceptors (Lipinski definition) is 4. The lowest BCUT2D eigenvalue weighted by Gasteiger charge is -2.12. The quantitative estimate of drug-likeness (QED) is 0.519. The maximum Gasteiger partial charge on any atom is 0.433 e. The summed E-state index contributed by atoms with van der Waals surface area (Å²) in [5.41, 5.74) is -0.245. The molecule has 0 bridgehead atoms. The Balaban J connectivity index is 2.29. The van der Waals surface area contributed by atoms with Crippen LogP contribution in [0.15, 0.2) is 66.1 Å². The number of sulfone groups is 1. The summed E-state index contributed by atoms with van der Waals surface area (Å²) in [6, 6.07) is 11.8. The van der Waals surface area contributed by atoms with E-state index in [2.05, 4.69) is 11.7 Å². The van der Waals surface area contributed by atoms with Crippen LogP contribution < -0.4 is 4.74 Å². The van der Waals surface area contributed by atoms with E-state index in [4.69, 9.17) is 4.74 Å². The van der Waals surface area contributed by atoms with Gasteiger partial charge >= 0.3 is 6.18 Å². The number of rotatable bonds is 6. The summed E-state index contributed by atoms with van der Waals surface area (Å²) in [6.07, 6.45) is -2.28. The first-order valence-electron chi connectivity index (χ1n) is 8.80. The molecule has 0 aliphatic rings. The fraction of sp³-hybridized carbons (Fsp3) is 0.190. The summed E-state index contributed by atoms with van der Waals surface area (Å²) >= 11 is 0. The molecule has 0 unspecified atom stereocenters. The molecule has 0 saturated heterocycles. The third-order valence-electron chi connectivity index (χ3n) is 4.46. The minimum atomic E-state index is -4.67. The number of benzene rings is 2. The van der Waals surface area contributed by atoms with Gasteiger partial charge in [0, 0.05) is 17.4 Å². The highest BCUT2D eigenvalue weighted by Crippen LogP contribution is 2.43. The van der Waals surface area contributed by atoms with Crippen LogP contribution in [0, 0.1) is 0 Å². The topological polar surface area (TPSA) is 61.2 Å². The van der Waals surface area contributed by atoms with Gasteiger partial charge in [-0.15, -0.1) is 6.58 Å². The highest BCUT2D eigenvalue weighted by molar-refractivity contribution is 7.90. The summed E-state index contributed by atoms with van der Waals surface area (Å²) in [7, 11) is -1.97. The molecule has 0 radical (unpaired) electrons. The highest BCUT2D eigenvalue weighted by Gasteiger charge is 2.40. The van der Waals surface area contributed by atoms with E-state index in [1.807, 2.05) is 0 Å². The van der Waals surface area contributed by atoms with Crippen molar-refractivity contribution in [3.63, 3.8) is 0 Å². The second-order valence-electron chi connectivity index (χ2n) is 6.57. The zero-order valence-corrected chi connectivity index (χ0v) is 17.1. The Morgan fingerprint density at radius 2 is 1.63 bits per heavy atom. The lowest BCUT2D eigenvalue weighted by Crippen LogP contribution is -2.15. The minimum Gasteiger partial charge on any atom is -0.497 e. The maximum absolute atomic E-state index is 14.0. The first-order chi connectivity index (χ1) is 14.1. The Bertz CT molecular complexity index is 1160. The summed E-state index contributed by atoms with van der Waals surface area (Å²) in [5.74, 6) is 0.504. The molecule has 9 heteroatoms. The normalized spacial score (nSPS) is 12.0. The second kappa shape index (κ2) is 7.98. The number of methoxy groups -OCH3 is 1. The molecule has 0 fully saturated rings. The molecule has 1 aromatic heterocycles. The van der Waals surface area contributed by atoms with Crippen molar-refractivity contribution in [1.82, 2.24) is 9.78 Å². The maximum atomic E-state index is 14.0. The zero-order valence-electron chi connectivity index (χ0n) is 16.3. The molecule has 1 heterocycles. The fourth-order valence-corrected chi connectivity index (χ4v) is 3.73. The average Bonchev–Trinajstić information content (AvgIpc) is 3.07. The Morgan fingerprint density at radius 1 is 1.07 bits per heavy atom. The van der Waals surface area contributed by atoms with Gasteiger partial charge in [0.25, 0.3) is 0 Å². The number of allylic oxidation sites excluding steroid dienone is 1. The molecule has 3 aromatic rings. The number of halogens is 3. The van der Waals surface area contributed by atoms with Gasteiger partial charge in [-0.2, -0.15) is 18.3 Å².